The number of nitrogens with zero attached hydrogens (tertiary/aromatic N) is 3. The number of aromatic nitrogens is 3. The number of aromatic amines is 1. The second-order valence-corrected chi connectivity index (χ2v) is 8.05. The average Bonchev–Trinajstić information content (AvgIpc) is 3.34. The van der Waals surface area contributed by atoms with Crippen molar-refractivity contribution >= 4 is 40.4 Å². The minimum Gasteiger partial charge on any atom is -0.495 e. The molecule has 0 aliphatic heterocycles. The monoisotopic (exact) mass is 419 g/mol. The summed E-state index contributed by atoms with van der Waals surface area (Å²) in [4.78, 5) is 28.5. The highest BCUT2D eigenvalue weighted by Crippen LogP contribution is 2.30. The van der Waals surface area contributed by atoms with E-state index in [0.717, 1.165) is 10.7 Å². The molecule has 11 heteroatoms. The van der Waals surface area contributed by atoms with Crippen molar-refractivity contribution in [2.24, 2.45) is 0 Å². The number of benzene rings is 1. The Morgan fingerprint density at radius 1 is 1.46 bits per heavy atom. The lowest BCUT2D eigenvalue weighted by atomic mass is 10.2. The number of rotatable bonds is 8. The molecule has 146 valence electrons. The Morgan fingerprint density at radius 3 is 2.96 bits per heavy atom. The zero-order valence-electron chi connectivity index (χ0n) is 15.0. The molecule has 1 amide bonds. The van der Waals surface area contributed by atoms with Gasteiger partial charge in [0, 0.05) is 23.4 Å². The molecule has 1 aromatic carbocycles. The summed E-state index contributed by atoms with van der Waals surface area (Å²) in [5, 5.41) is 22.6. The highest BCUT2D eigenvalue weighted by molar-refractivity contribution is 8.00. The predicted molar refractivity (Wildman–Crippen MR) is 107 cm³/mol. The fourth-order valence-corrected chi connectivity index (χ4v) is 3.79. The third kappa shape index (κ3) is 4.87. The molecule has 28 heavy (non-hydrogen) atoms. The Bertz CT molecular complexity index is 974. The maximum absolute atomic E-state index is 12.5. The molecular weight excluding hydrogens is 402 g/mol. The SMILES string of the molecule is COc1ccc([N+](=O)[O-])cc1NC(=O)C(C)Sc1n[nH]c(Cc2cccs2)n1. The molecule has 1 unspecified atom stereocenters. The molecule has 2 heterocycles. The molecule has 1 atom stereocenters. The number of methoxy groups -OCH3 is 1. The normalized spacial score (nSPS) is 11.8. The molecule has 0 fully saturated rings. The van der Waals surface area contributed by atoms with Crippen molar-refractivity contribution in [2.45, 2.75) is 23.8 Å². The summed E-state index contributed by atoms with van der Waals surface area (Å²) >= 11 is 2.83. The third-order valence-electron chi connectivity index (χ3n) is 3.74. The van der Waals surface area contributed by atoms with Crippen LogP contribution in [0.25, 0.3) is 0 Å². The lowest BCUT2D eigenvalue weighted by Gasteiger charge is -2.13. The first-order valence-corrected chi connectivity index (χ1v) is 9.96. The molecule has 0 radical (unpaired) electrons. The Hall–Kier alpha value is -2.92. The number of nitro benzene ring substituents is 1. The number of carbonyl (C=O) groups is 1. The molecule has 0 saturated heterocycles. The van der Waals surface area contributed by atoms with Gasteiger partial charge in [-0.3, -0.25) is 20.0 Å². The van der Waals surface area contributed by atoms with Crippen LogP contribution < -0.4 is 10.1 Å². The fraction of sp³-hybridized carbons (Fsp3) is 0.235. The molecule has 9 nitrogen and oxygen atoms in total. The van der Waals surface area contributed by atoms with Crippen molar-refractivity contribution < 1.29 is 14.5 Å². The maximum atomic E-state index is 12.5. The number of hydrogen-bond donors (Lipinski definition) is 2. The van der Waals surface area contributed by atoms with Gasteiger partial charge in [0.2, 0.25) is 11.1 Å². The zero-order valence-corrected chi connectivity index (χ0v) is 16.7. The zero-order chi connectivity index (χ0) is 20.1. The van der Waals surface area contributed by atoms with Crippen LogP contribution in [0.15, 0.2) is 40.9 Å². The number of amides is 1. The van der Waals surface area contributed by atoms with E-state index in [9.17, 15) is 14.9 Å². The van der Waals surface area contributed by atoms with Crippen molar-refractivity contribution in [3.05, 3.63) is 56.5 Å². The first-order chi connectivity index (χ1) is 13.5. The number of anilines is 1. The van der Waals surface area contributed by atoms with Crippen LogP contribution >= 0.6 is 23.1 Å². The smallest absolute Gasteiger partial charge is 0.271 e. The molecular formula is C17H17N5O4S2. The van der Waals surface area contributed by atoms with Gasteiger partial charge in [0.15, 0.2) is 0 Å². The molecule has 3 rings (SSSR count). The van der Waals surface area contributed by atoms with E-state index in [-0.39, 0.29) is 17.3 Å². The van der Waals surface area contributed by atoms with Gasteiger partial charge in [-0.1, -0.05) is 17.8 Å². The summed E-state index contributed by atoms with van der Waals surface area (Å²) in [6.07, 6.45) is 0.649. The molecule has 0 aliphatic carbocycles. The minimum absolute atomic E-state index is 0.136. The summed E-state index contributed by atoms with van der Waals surface area (Å²) in [7, 11) is 1.43. The number of thioether (sulfide) groups is 1. The Kier molecular flexibility index (Phi) is 6.26. The van der Waals surface area contributed by atoms with Gasteiger partial charge in [0.05, 0.1) is 23.0 Å². The van der Waals surface area contributed by atoms with Gasteiger partial charge >= 0.3 is 0 Å². The van der Waals surface area contributed by atoms with Gasteiger partial charge in [-0.05, 0) is 24.4 Å². The molecule has 0 saturated carbocycles. The highest BCUT2D eigenvalue weighted by Gasteiger charge is 2.20. The molecule has 2 N–H and O–H groups in total. The van der Waals surface area contributed by atoms with Crippen LogP contribution in [0.2, 0.25) is 0 Å². The molecule has 0 aliphatic rings. The lowest BCUT2D eigenvalue weighted by Crippen LogP contribution is -2.23. The van der Waals surface area contributed by atoms with Gasteiger partial charge in [0.25, 0.3) is 5.69 Å². The summed E-state index contributed by atoms with van der Waals surface area (Å²) in [6.45, 7) is 1.71. The van der Waals surface area contributed by atoms with Crippen LogP contribution in [-0.2, 0) is 11.2 Å². The van der Waals surface area contributed by atoms with Gasteiger partial charge in [-0.15, -0.1) is 16.4 Å². The molecule has 3 aromatic rings. The summed E-state index contributed by atoms with van der Waals surface area (Å²) < 4.78 is 5.16. The Labute approximate surface area is 168 Å². The van der Waals surface area contributed by atoms with Crippen LogP contribution in [0, 0.1) is 10.1 Å². The second kappa shape index (κ2) is 8.85. The van der Waals surface area contributed by atoms with E-state index in [0.29, 0.717) is 17.3 Å². The number of hydrogen-bond acceptors (Lipinski definition) is 8. The number of ether oxygens (including phenoxy) is 1. The van der Waals surface area contributed by atoms with Crippen LogP contribution in [-0.4, -0.2) is 38.4 Å². The van der Waals surface area contributed by atoms with Crippen molar-refractivity contribution in [1.29, 1.82) is 0 Å². The minimum atomic E-state index is -0.532. The van der Waals surface area contributed by atoms with Crippen molar-refractivity contribution in [2.75, 3.05) is 12.4 Å². The predicted octanol–water partition coefficient (Wildman–Crippen LogP) is 3.49. The average molecular weight is 419 g/mol. The first kappa shape index (κ1) is 19.8. The Morgan fingerprint density at radius 2 is 2.29 bits per heavy atom. The van der Waals surface area contributed by atoms with E-state index in [4.69, 9.17) is 4.74 Å². The van der Waals surface area contributed by atoms with Crippen molar-refractivity contribution in [3.63, 3.8) is 0 Å². The van der Waals surface area contributed by atoms with Gasteiger partial charge in [-0.2, -0.15) is 0 Å². The summed E-state index contributed by atoms with van der Waals surface area (Å²) in [5.74, 6) is 0.721. The third-order valence-corrected chi connectivity index (χ3v) is 5.57. The molecule has 0 bridgehead atoms. The van der Waals surface area contributed by atoms with E-state index < -0.39 is 10.2 Å². The van der Waals surface area contributed by atoms with E-state index in [1.54, 1.807) is 18.3 Å². The van der Waals surface area contributed by atoms with Gasteiger partial charge in [-0.25, -0.2) is 4.98 Å². The number of H-pyrrole nitrogens is 1. The van der Waals surface area contributed by atoms with Crippen molar-refractivity contribution in [3.8, 4) is 5.75 Å². The molecule has 0 spiro atoms. The van der Waals surface area contributed by atoms with E-state index in [1.807, 2.05) is 17.5 Å². The van der Waals surface area contributed by atoms with Crippen LogP contribution in [0.5, 0.6) is 5.75 Å². The molecule has 2 aromatic heterocycles. The van der Waals surface area contributed by atoms with E-state index in [1.165, 1.54) is 37.1 Å². The summed E-state index contributed by atoms with van der Waals surface area (Å²) in [5.41, 5.74) is 0.103. The second-order valence-electron chi connectivity index (χ2n) is 5.71. The highest BCUT2D eigenvalue weighted by atomic mass is 32.2. The van der Waals surface area contributed by atoms with Gasteiger partial charge < -0.3 is 10.1 Å². The van der Waals surface area contributed by atoms with Crippen LogP contribution in [0.4, 0.5) is 11.4 Å². The fourth-order valence-electron chi connectivity index (χ4n) is 2.34. The van der Waals surface area contributed by atoms with Gasteiger partial charge in [0.1, 0.15) is 11.6 Å². The number of carbonyl (C=O) groups excluding carboxylic acids is 1. The van der Waals surface area contributed by atoms with E-state index in [2.05, 4.69) is 20.5 Å². The Balaban J connectivity index is 1.64. The van der Waals surface area contributed by atoms with Crippen LogP contribution in [0.3, 0.4) is 0 Å². The first-order valence-electron chi connectivity index (χ1n) is 8.20. The number of nitrogens with one attached hydrogen (secondary N) is 2. The standard InChI is InChI=1S/C17H17N5O4S2/c1-10(28-17-19-15(20-21-17)9-12-4-3-7-27-12)16(23)18-13-8-11(22(24)25)5-6-14(13)26-2/h3-8,10H,9H2,1-2H3,(H,18,23)(H,19,20,21). The van der Waals surface area contributed by atoms with Crippen LogP contribution in [0.1, 0.15) is 17.6 Å². The van der Waals surface area contributed by atoms with E-state index >= 15 is 0 Å². The number of nitro groups is 1. The number of thiophene rings is 1. The number of non-ortho nitro benzene ring substituents is 1. The largest absolute Gasteiger partial charge is 0.495 e. The maximum Gasteiger partial charge on any atom is 0.271 e. The topological polar surface area (TPSA) is 123 Å². The quantitative estimate of drug-likeness (QED) is 0.325. The summed E-state index contributed by atoms with van der Waals surface area (Å²) in [6, 6.07) is 8.01. The van der Waals surface area contributed by atoms with Crippen molar-refractivity contribution in [1.82, 2.24) is 15.2 Å². The lowest BCUT2D eigenvalue weighted by molar-refractivity contribution is -0.384.